The van der Waals surface area contributed by atoms with E-state index >= 15 is 0 Å². The monoisotopic (exact) mass is 243 g/mol. The fourth-order valence-electron chi connectivity index (χ4n) is 0.848. The fourth-order valence-corrected chi connectivity index (χ4v) is 2.40. The predicted octanol–water partition coefficient (Wildman–Crippen LogP) is 3.96. The summed E-state index contributed by atoms with van der Waals surface area (Å²) in [6.45, 7) is 5.80. The number of aliphatic imine (C=N–C) groups is 1. The van der Waals surface area contributed by atoms with Crippen molar-refractivity contribution in [3.63, 3.8) is 0 Å². The Morgan fingerprint density at radius 2 is 2.33 bits per heavy atom. The molecule has 0 spiro atoms. The van der Waals surface area contributed by atoms with Gasteiger partial charge in [-0.2, -0.15) is 4.99 Å². The number of hydrogen-bond donors (Lipinski definition) is 0. The third-order valence-electron chi connectivity index (χ3n) is 1.55. The van der Waals surface area contributed by atoms with Crippen molar-refractivity contribution >= 4 is 29.6 Å². The van der Waals surface area contributed by atoms with Crippen molar-refractivity contribution in [1.29, 1.82) is 0 Å². The second-order valence-electron chi connectivity index (χ2n) is 2.84. The van der Waals surface area contributed by atoms with E-state index in [-0.39, 0.29) is 0 Å². The molecule has 4 heteroatoms. The largest absolute Gasteiger partial charge is 0.241 e. The Hall–Kier alpha value is -0.440. The molecule has 0 amide bonds. The van der Waals surface area contributed by atoms with Crippen molar-refractivity contribution < 1.29 is 4.79 Å². The van der Waals surface area contributed by atoms with Crippen molar-refractivity contribution in [1.82, 2.24) is 0 Å². The summed E-state index contributed by atoms with van der Waals surface area (Å²) < 4.78 is 0. The van der Waals surface area contributed by atoms with Gasteiger partial charge in [-0.25, -0.2) is 4.79 Å². The summed E-state index contributed by atoms with van der Waals surface area (Å²) in [4.78, 5) is 13.8. The second-order valence-corrected chi connectivity index (χ2v) is 4.85. The maximum atomic E-state index is 10.1. The molecule has 0 rings (SSSR count). The SMILES string of the molecule is C=CCSC(=CSCCCCC)N=C=O. The minimum absolute atomic E-state index is 0.728. The lowest BCUT2D eigenvalue weighted by Gasteiger charge is -1.97. The predicted molar refractivity (Wildman–Crippen MR) is 70.8 cm³/mol. The highest BCUT2D eigenvalue weighted by molar-refractivity contribution is 8.06. The van der Waals surface area contributed by atoms with Crippen LogP contribution in [0.3, 0.4) is 0 Å². The van der Waals surface area contributed by atoms with Crippen LogP contribution in [0, 0.1) is 0 Å². The van der Waals surface area contributed by atoms with Gasteiger partial charge in [-0.1, -0.05) is 25.8 Å². The molecule has 0 aliphatic rings. The number of hydrogen-bond acceptors (Lipinski definition) is 4. The molecule has 0 radical (unpaired) electrons. The molecule has 0 saturated carbocycles. The maximum Gasteiger partial charge on any atom is 0.241 e. The van der Waals surface area contributed by atoms with E-state index in [4.69, 9.17) is 0 Å². The quantitative estimate of drug-likeness (QED) is 0.266. The van der Waals surface area contributed by atoms with Gasteiger partial charge in [0.05, 0.1) is 0 Å². The zero-order chi connectivity index (χ0) is 11.4. The van der Waals surface area contributed by atoms with E-state index in [0.29, 0.717) is 0 Å². The van der Waals surface area contributed by atoms with E-state index in [2.05, 4.69) is 18.5 Å². The lowest BCUT2D eigenvalue weighted by atomic mass is 10.3. The van der Waals surface area contributed by atoms with Crippen LogP contribution in [0.4, 0.5) is 0 Å². The van der Waals surface area contributed by atoms with Gasteiger partial charge in [0.25, 0.3) is 0 Å². The van der Waals surface area contributed by atoms with E-state index in [1.165, 1.54) is 31.0 Å². The van der Waals surface area contributed by atoms with Gasteiger partial charge in [-0.15, -0.1) is 30.1 Å². The Kier molecular flexibility index (Phi) is 11.3. The molecule has 0 atom stereocenters. The standard InChI is InChI=1S/C11H17NOS2/c1-3-5-6-8-14-9-11(12-10-13)15-7-4-2/h4,9H,2-3,5-8H2,1H3. The summed E-state index contributed by atoms with van der Waals surface area (Å²) in [6.07, 6.45) is 7.06. The molecule has 15 heavy (non-hydrogen) atoms. The number of isocyanates is 1. The Bertz CT molecular complexity index is 245. The van der Waals surface area contributed by atoms with E-state index in [0.717, 1.165) is 16.5 Å². The Morgan fingerprint density at radius 3 is 2.93 bits per heavy atom. The normalized spacial score (nSPS) is 10.9. The highest BCUT2D eigenvalue weighted by Crippen LogP contribution is 2.21. The smallest absolute Gasteiger partial charge is 0.211 e. The van der Waals surface area contributed by atoms with Gasteiger partial charge in [0.1, 0.15) is 5.03 Å². The summed E-state index contributed by atoms with van der Waals surface area (Å²) in [5.41, 5.74) is 0. The number of thioether (sulfide) groups is 2. The maximum absolute atomic E-state index is 10.1. The molecule has 0 aromatic rings. The van der Waals surface area contributed by atoms with Gasteiger partial charge < -0.3 is 0 Å². The second kappa shape index (κ2) is 11.6. The van der Waals surface area contributed by atoms with Crippen LogP contribution in [0.1, 0.15) is 26.2 Å². The molecule has 0 aliphatic carbocycles. The average molecular weight is 243 g/mol. The van der Waals surface area contributed by atoms with Gasteiger partial charge in [0.2, 0.25) is 6.08 Å². The van der Waals surface area contributed by atoms with Crippen molar-refractivity contribution in [3.05, 3.63) is 23.1 Å². The lowest BCUT2D eigenvalue weighted by molar-refractivity contribution is 0.565. The summed E-state index contributed by atoms with van der Waals surface area (Å²) in [6, 6.07) is 0. The van der Waals surface area contributed by atoms with Crippen LogP contribution >= 0.6 is 23.5 Å². The van der Waals surface area contributed by atoms with Crippen LogP contribution in [-0.2, 0) is 4.79 Å². The van der Waals surface area contributed by atoms with Crippen molar-refractivity contribution in [2.45, 2.75) is 26.2 Å². The lowest BCUT2D eigenvalue weighted by Crippen LogP contribution is -1.78. The van der Waals surface area contributed by atoms with Crippen molar-refractivity contribution in [2.24, 2.45) is 4.99 Å². The highest BCUT2D eigenvalue weighted by atomic mass is 32.2. The van der Waals surface area contributed by atoms with Crippen molar-refractivity contribution in [2.75, 3.05) is 11.5 Å². The molecular weight excluding hydrogens is 226 g/mol. The van der Waals surface area contributed by atoms with Gasteiger partial charge in [0, 0.05) is 11.2 Å². The molecule has 84 valence electrons. The van der Waals surface area contributed by atoms with Gasteiger partial charge >= 0.3 is 0 Å². The summed E-state index contributed by atoms with van der Waals surface area (Å²) in [5.74, 6) is 1.85. The first-order chi connectivity index (χ1) is 7.35. The highest BCUT2D eigenvalue weighted by Gasteiger charge is 1.94. The van der Waals surface area contributed by atoms with E-state index in [1.54, 1.807) is 23.9 Å². The number of nitrogens with zero attached hydrogens (tertiary/aromatic N) is 1. The van der Waals surface area contributed by atoms with Crippen molar-refractivity contribution in [3.8, 4) is 0 Å². The molecule has 0 aromatic heterocycles. The molecule has 0 aromatic carbocycles. The summed E-state index contributed by atoms with van der Waals surface area (Å²) in [5, 5.41) is 2.65. The zero-order valence-corrected chi connectivity index (χ0v) is 10.7. The van der Waals surface area contributed by atoms with Crippen LogP contribution in [0.5, 0.6) is 0 Å². The molecule has 0 fully saturated rings. The van der Waals surface area contributed by atoms with Gasteiger partial charge in [-0.3, -0.25) is 0 Å². The third-order valence-corrected chi connectivity index (χ3v) is 3.53. The van der Waals surface area contributed by atoms with E-state index in [1.807, 2.05) is 5.41 Å². The first-order valence-electron chi connectivity index (χ1n) is 4.98. The molecule has 0 heterocycles. The Morgan fingerprint density at radius 1 is 1.53 bits per heavy atom. The zero-order valence-electron chi connectivity index (χ0n) is 9.07. The van der Waals surface area contributed by atoms with Gasteiger partial charge in [-0.05, 0) is 12.2 Å². The summed E-state index contributed by atoms with van der Waals surface area (Å²) >= 11 is 3.20. The molecule has 0 saturated heterocycles. The minimum Gasteiger partial charge on any atom is -0.211 e. The molecular formula is C11H17NOS2. The van der Waals surface area contributed by atoms with Crippen LogP contribution in [0.25, 0.3) is 0 Å². The number of unbranched alkanes of at least 4 members (excludes halogenated alkanes) is 2. The molecule has 0 N–H and O–H groups in total. The summed E-state index contributed by atoms with van der Waals surface area (Å²) in [7, 11) is 0. The number of rotatable bonds is 9. The minimum atomic E-state index is 0.728. The van der Waals surface area contributed by atoms with Crippen LogP contribution < -0.4 is 0 Å². The third kappa shape index (κ3) is 9.85. The molecule has 0 aliphatic heterocycles. The number of carbonyl (C=O) groups excluding carboxylic acids is 1. The molecule has 2 nitrogen and oxygen atoms in total. The fraction of sp³-hybridized carbons (Fsp3) is 0.545. The first-order valence-corrected chi connectivity index (χ1v) is 7.02. The van der Waals surface area contributed by atoms with Gasteiger partial charge in [0.15, 0.2) is 0 Å². The van der Waals surface area contributed by atoms with E-state index < -0.39 is 0 Å². The van der Waals surface area contributed by atoms with E-state index in [9.17, 15) is 4.79 Å². The molecule has 0 bridgehead atoms. The first kappa shape index (κ1) is 14.6. The van der Waals surface area contributed by atoms with Crippen LogP contribution in [-0.4, -0.2) is 17.6 Å². The topological polar surface area (TPSA) is 29.4 Å². The van der Waals surface area contributed by atoms with Crippen LogP contribution in [0.15, 0.2) is 28.1 Å². The molecule has 0 unspecified atom stereocenters. The Labute approximate surface area is 100 Å². The Balaban J connectivity index is 3.83. The average Bonchev–Trinajstić information content (AvgIpc) is 2.25. The van der Waals surface area contributed by atoms with Crippen LogP contribution in [0.2, 0.25) is 0 Å².